The Morgan fingerprint density at radius 2 is 2.25 bits per heavy atom. The number of rotatable bonds is 3. The highest BCUT2D eigenvalue weighted by molar-refractivity contribution is 6.30. The molecule has 1 fully saturated rings. The smallest absolute Gasteiger partial charge is 0.215 e. The Morgan fingerprint density at radius 3 is 3.00 bits per heavy atom. The van der Waals surface area contributed by atoms with E-state index in [0.29, 0.717) is 0 Å². The molecule has 0 amide bonds. The molecular weight excluding hydrogens is 224 g/mol. The van der Waals surface area contributed by atoms with Gasteiger partial charge in [-0.3, -0.25) is 4.57 Å². The number of aromatic nitrogens is 1. The van der Waals surface area contributed by atoms with Gasteiger partial charge < -0.3 is 9.64 Å². The second-order valence-corrected chi connectivity index (χ2v) is 5.01. The van der Waals surface area contributed by atoms with Gasteiger partial charge in [0.15, 0.2) is 0 Å². The van der Waals surface area contributed by atoms with E-state index in [2.05, 4.69) is 4.90 Å². The van der Waals surface area contributed by atoms with Crippen LogP contribution < -0.4 is 0 Å². The molecule has 0 spiro atoms. The standard InChI is InChI=1S/C12H15ClN2O/c1-14-6-10-4-5-11(13)15(10)12(7-14)16-8-9-2-3-9/h4-5,7,9H,2-3,6,8H2,1H3. The van der Waals surface area contributed by atoms with Crippen LogP contribution in [-0.2, 0) is 11.3 Å². The molecule has 1 aliphatic carbocycles. The first-order valence-electron chi connectivity index (χ1n) is 5.65. The highest BCUT2D eigenvalue weighted by atomic mass is 35.5. The van der Waals surface area contributed by atoms with Crippen LogP contribution in [0.15, 0.2) is 18.3 Å². The van der Waals surface area contributed by atoms with E-state index in [9.17, 15) is 0 Å². The van der Waals surface area contributed by atoms with Gasteiger partial charge in [0, 0.05) is 12.7 Å². The summed E-state index contributed by atoms with van der Waals surface area (Å²) in [5, 5.41) is 0.727. The molecule has 2 aliphatic rings. The van der Waals surface area contributed by atoms with E-state index in [4.69, 9.17) is 16.3 Å². The molecule has 1 aromatic heterocycles. The first-order chi connectivity index (χ1) is 7.74. The minimum absolute atomic E-state index is 0.727. The van der Waals surface area contributed by atoms with Crippen molar-refractivity contribution in [2.45, 2.75) is 19.4 Å². The first-order valence-corrected chi connectivity index (χ1v) is 6.03. The van der Waals surface area contributed by atoms with Crippen LogP contribution in [0, 0.1) is 5.92 Å². The van der Waals surface area contributed by atoms with Crippen LogP contribution in [0.1, 0.15) is 18.5 Å². The Morgan fingerprint density at radius 1 is 1.44 bits per heavy atom. The Bertz CT molecular complexity index is 434. The summed E-state index contributed by atoms with van der Waals surface area (Å²) in [6.07, 6.45) is 4.62. The van der Waals surface area contributed by atoms with E-state index in [1.807, 2.05) is 29.9 Å². The monoisotopic (exact) mass is 238 g/mol. The van der Waals surface area contributed by atoms with Crippen molar-refractivity contribution in [3.05, 3.63) is 29.2 Å². The molecule has 3 rings (SSSR count). The van der Waals surface area contributed by atoms with Crippen LogP contribution in [0.25, 0.3) is 5.88 Å². The average Bonchev–Trinajstić information content (AvgIpc) is 3.00. The van der Waals surface area contributed by atoms with Gasteiger partial charge in [-0.25, -0.2) is 0 Å². The lowest BCUT2D eigenvalue weighted by atomic mass is 10.3. The molecule has 1 aromatic rings. The molecule has 0 atom stereocenters. The minimum atomic E-state index is 0.727. The molecule has 0 bridgehead atoms. The highest BCUT2D eigenvalue weighted by Crippen LogP contribution is 2.32. The molecule has 0 unspecified atom stereocenters. The Labute approximate surface area is 100 Å². The van der Waals surface area contributed by atoms with Gasteiger partial charge in [-0.15, -0.1) is 0 Å². The molecule has 0 saturated heterocycles. The zero-order valence-corrected chi connectivity index (χ0v) is 10.1. The summed E-state index contributed by atoms with van der Waals surface area (Å²) in [7, 11) is 2.05. The van der Waals surface area contributed by atoms with E-state index >= 15 is 0 Å². The van der Waals surface area contributed by atoms with E-state index in [0.717, 1.165) is 30.1 Å². The van der Waals surface area contributed by atoms with E-state index in [-0.39, 0.29) is 0 Å². The van der Waals surface area contributed by atoms with Crippen molar-refractivity contribution in [1.29, 1.82) is 0 Å². The van der Waals surface area contributed by atoms with Crippen molar-refractivity contribution in [1.82, 2.24) is 9.47 Å². The van der Waals surface area contributed by atoms with Crippen LogP contribution in [0.5, 0.6) is 0 Å². The van der Waals surface area contributed by atoms with E-state index in [1.165, 1.54) is 18.5 Å². The largest absolute Gasteiger partial charge is 0.477 e. The van der Waals surface area contributed by atoms with Gasteiger partial charge in [-0.2, -0.15) is 0 Å². The molecule has 2 heterocycles. The number of hydrogen-bond donors (Lipinski definition) is 0. The average molecular weight is 239 g/mol. The van der Waals surface area contributed by atoms with Gasteiger partial charge in [-0.05, 0) is 30.9 Å². The van der Waals surface area contributed by atoms with Crippen molar-refractivity contribution in [3.8, 4) is 0 Å². The van der Waals surface area contributed by atoms with Crippen LogP contribution >= 0.6 is 11.6 Å². The topological polar surface area (TPSA) is 17.4 Å². The Kier molecular flexibility index (Phi) is 2.36. The maximum absolute atomic E-state index is 6.15. The third-order valence-electron chi connectivity index (χ3n) is 3.04. The number of ether oxygens (including phenoxy) is 1. The summed E-state index contributed by atoms with van der Waals surface area (Å²) in [5.74, 6) is 1.61. The van der Waals surface area contributed by atoms with Gasteiger partial charge in [0.2, 0.25) is 5.88 Å². The molecule has 3 nitrogen and oxygen atoms in total. The zero-order valence-electron chi connectivity index (χ0n) is 9.32. The molecule has 1 saturated carbocycles. The summed E-state index contributed by atoms with van der Waals surface area (Å²) in [6, 6.07) is 3.97. The molecule has 4 heteroatoms. The number of nitrogens with zero attached hydrogens (tertiary/aromatic N) is 2. The SMILES string of the molecule is CN1C=C(OCC2CC2)n2c(Cl)ccc2C1. The van der Waals surface area contributed by atoms with Crippen LogP contribution in [-0.4, -0.2) is 23.1 Å². The fourth-order valence-electron chi connectivity index (χ4n) is 1.96. The normalized spacial score (nSPS) is 19.4. The van der Waals surface area contributed by atoms with Crippen LogP contribution in [0.4, 0.5) is 0 Å². The van der Waals surface area contributed by atoms with Gasteiger partial charge in [0.05, 0.1) is 19.4 Å². The Hall–Kier alpha value is -1.09. The molecule has 16 heavy (non-hydrogen) atoms. The molecule has 1 aliphatic heterocycles. The van der Waals surface area contributed by atoms with Crippen LogP contribution in [0.2, 0.25) is 5.15 Å². The maximum Gasteiger partial charge on any atom is 0.215 e. The number of hydrogen-bond acceptors (Lipinski definition) is 2. The van der Waals surface area contributed by atoms with E-state index < -0.39 is 0 Å². The molecule has 0 radical (unpaired) electrons. The molecule has 0 N–H and O–H groups in total. The molecule has 0 aromatic carbocycles. The lowest BCUT2D eigenvalue weighted by Crippen LogP contribution is -2.22. The molecule has 86 valence electrons. The van der Waals surface area contributed by atoms with Gasteiger partial charge in [0.25, 0.3) is 0 Å². The summed E-state index contributed by atoms with van der Waals surface area (Å²) in [6.45, 7) is 1.69. The predicted molar refractivity (Wildman–Crippen MR) is 63.9 cm³/mol. The fourth-order valence-corrected chi connectivity index (χ4v) is 2.21. The summed E-state index contributed by atoms with van der Waals surface area (Å²) >= 11 is 6.15. The minimum Gasteiger partial charge on any atom is -0.477 e. The number of fused-ring (bicyclic) bond motifs is 1. The van der Waals surface area contributed by atoms with Gasteiger partial charge in [0.1, 0.15) is 5.15 Å². The summed E-state index contributed by atoms with van der Waals surface area (Å²) in [5.41, 5.74) is 1.18. The van der Waals surface area contributed by atoms with Crippen LogP contribution in [0.3, 0.4) is 0 Å². The fraction of sp³-hybridized carbons (Fsp3) is 0.500. The summed E-state index contributed by atoms with van der Waals surface area (Å²) in [4.78, 5) is 2.12. The molecular formula is C12H15ClN2O. The maximum atomic E-state index is 6.15. The van der Waals surface area contributed by atoms with Gasteiger partial charge in [-0.1, -0.05) is 11.6 Å². The second-order valence-electron chi connectivity index (χ2n) is 4.62. The summed E-state index contributed by atoms with van der Waals surface area (Å²) < 4.78 is 7.83. The van der Waals surface area contributed by atoms with Crippen molar-refractivity contribution in [2.75, 3.05) is 13.7 Å². The lowest BCUT2D eigenvalue weighted by molar-refractivity contribution is 0.228. The van der Waals surface area contributed by atoms with Gasteiger partial charge >= 0.3 is 0 Å². The lowest BCUT2D eigenvalue weighted by Gasteiger charge is -2.25. The second kappa shape index (κ2) is 3.74. The number of halogens is 1. The Balaban J connectivity index is 1.85. The third kappa shape index (κ3) is 1.80. The quantitative estimate of drug-likeness (QED) is 0.806. The predicted octanol–water partition coefficient (Wildman–Crippen LogP) is 2.77. The van der Waals surface area contributed by atoms with Crippen molar-refractivity contribution in [3.63, 3.8) is 0 Å². The van der Waals surface area contributed by atoms with Crippen molar-refractivity contribution < 1.29 is 4.74 Å². The van der Waals surface area contributed by atoms with Crippen molar-refractivity contribution >= 4 is 17.5 Å². The zero-order chi connectivity index (χ0) is 11.1. The van der Waals surface area contributed by atoms with Crippen molar-refractivity contribution in [2.24, 2.45) is 5.92 Å². The third-order valence-corrected chi connectivity index (χ3v) is 3.34. The van der Waals surface area contributed by atoms with E-state index in [1.54, 1.807) is 0 Å². The first kappa shape index (κ1) is 10.1. The highest BCUT2D eigenvalue weighted by Gasteiger charge is 2.24.